The van der Waals surface area contributed by atoms with Gasteiger partial charge in [0.15, 0.2) is 0 Å². The Morgan fingerprint density at radius 2 is 0.500 bits per heavy atom. The van der Waals surface area contributed by atoms with Crippen LogP contribution in [-0.4, -0.2) is 0 Å². The molecule has 56 valence electrons. The summed E-state index contributed by atoms with van der Waals surface area (Å²) in [7, 11) is 6.68. The summed E-state index contributed by atoms with van der Waals surface area (Å²) < 4.78 is 0. The summed E-state index contributed by atoms with van der Waals surface area (Å²) in [5.74, 6) is 0. The Labute approximate surface area is 95.6 Å². The highest BCUT2D eigenvalue weighted by Crippen LogP contribution is 1.86. The van der Waals surface area contributed by atoms with Crippen molar-refractivity contribution in [2.45, 2.75) is 0 Å². The van der Waals surface area contributed by atoms with Gasteiger partial charge in [-0.15, -0.1) is 49.6 Å². The molecule has 0 saturated carbocycles. The molecule has 0 aromatic carbocycles. The Kier molecular flexibility index (Phi) is 500. The number of rotatable bonds is 0. The van der Waals surface area contributed by atoms with Crippen LogP contribution in [0.25, 0.3) is 0 Å². The Morgan fingerprint density at radius 1 is 0.500 bits per heavy atom. The third-order valence-corrected chi connectivity index (χ3v) is 0. The Bertz CT molecular complexity index is 12.0. The third kappa shape index (κ3) is 64.4. The van der Waals surface area contributed by atoms with E-state index in [9.17, 15) is 0 Å². The zero-order valence-corrected chi connectivity index (χ0v) is 11.5. The van der Waals surface area contributed by atoms with Gasteiger partial charge in [-0.2, -0.15) is 0 Å². The predicted molar refractivity (Wildman–Crippen MR) is 60.7 cm³/mol. The van der Waals surface area contributed by atoms with E-state index in [0.29, 0.717) is 0 Å². The van der Waals surface area contributed by atoms with Crippen LogP contribution < -0.4 is 0 Å². The van der Waals surface area contributed by atoms with Crippen molar-refractivity contribution in [1.82, 2.24) is 0 Å². The van der Waals surface area contributed by atoms with E-state index in [2.05, 4.69) is 46.9 Å². The van der Waals surface area contributed by atoms with Crippen molar-refractivity contribution in [1.29, 1.82) is 0 Å². The molecule has 0 rings (SSSR count). The fourth-order valence-corrected chi connectivity index (χ4v) is 0. The van der Waals surface area contributed by atoms with Gasteiger partial charge in [-0.1, -0.05) is 0 Å². The van der Waals surface area contributed by atoms with E-state index in [0.717, 1.165) is 0 Å². The molecule has 0 N–H and O–H groups in total. The molecular weight excluding hydrogens is 364 g/mol. The van der Waals surface area contributed by atoms with Crippen LogP contribution in [0.15, 0.2) is 0 Å². The SMILES string of the molecule is Cl.Cl.Cl.Cl.[P]Br.[P]Br. The Morgan fingerprint density at radius 3 is 0.500 bits per heavy atom. The molecule has 0 aromatic heterocycles. The van der Waals surface area contributed by atoms with E-state index in [1.165, 1.54) is 0 Å². The second-order valence-electron chi connectivity index (χ2n) is 0. The first-order chi connectivity index (χ1) is 2.00. The first-order valence-electron chi connectivity index (χ1n) is 0.338. The molecule has 0 spiro atoms. The molecule has 0 saturated heterocycles. The van der Waals surface area contributed by atoms with E-state index >= 15 is 0 Å². The van der Waals surface area contributed by atoms with Crippen LogP contribution in [0, 0.1) is 0 Å². The maximum atomic E-state index is 3.34. The highest BCUT2D eigenvalue weighted by molar-refractivity contribution is 9.34. The van der Waals surface area contributed by atoms with Gasteiger partial charge in [0.2, 0.25) is 0 Å². The lowest BCUT2D eigenvalue weighted by Gasteiger charge is -1.00. The summed E-state index contributed by atoms with van der Waals surface area (Å²) in [5, 5.41) is 0. The standard InChI is InChI=1S/2BrP.4ClH/c2*1-2;;;;/h;;4*1H. The molecule has 4 radical (unpaired) electrons. The molecule has 0 aliphatic heterocycles. The minimum absolute atomic E-state index is 0. The predicted octanol–water partition coefficient (Wildman–Crippen LogP) is 5.10. The van der Waals surface area contributed by atoms with Gasteiger partial charge < -0.3 is 0 Å². The van der Waals surface area contributed by atoms with Crippen molar-refractivity contribution in [3.63, 3.8) is 0 Å². The average molecular weight is 368 g/mol. The van der Waals surface area contributed by atoms with Gasteiger partial charge in [-0.3, -0.25) is 0 Å². The minimum atomic E-state index is 0. The highest BCUT2D eigenvalue weighted by Gasteiger charge is 1.00. The smallest absolute Gasteiger partial charge is 0.0476 e. The molecule has 8 heteroatoms. The van der Waals surface area contributed by atoms with Crippen molar-refractivity contribution in [2.75, 3.05) is 0 Å². The van der Waals surface area contributed by atoms with E-state index in [1.54, 1.807) is 0 Å². The van der Waals surface area contributed by atoms with Crippen LogP contribution in [0.2, 0.25) is 0 Å². The van der Waals surface area contributed by atoms with Gasteiger partial charge in [0, 0.05) is 15.9 Å². The molecule has 0 aromatic rings. The molecule has 0 aliphatic rings. The molecular formula is H4Br2Cl4P2. The topological polar surface area (TPSA) is 0 Å². The summed E-state index contributed by atoms with van der Waals surface area (Å²) in [4.78, 5) is 0. The van der Waals surface area contributed by atoms with E-state index in [1.807, 2.05) is 0 Å². The zero-order chi connectivity index (χ0) is 4.00. The molecule has 8 heavy (non-hydrogen) atoms. The van der Waals surface area contributed by atoms with Crippen LogP contribution in [0.3, 0.4) is 0 Å². The summed E-state index contributed by atoms with van der Waals surface area (Å²) >= 11 is 5.26. The molecule has 0 bridgehead atoms. The van der Waals surface area contributed by atoms with E-state index < -0.39 is 0 Å². The van der Waals surface area contributed by atoms with Crippen LogP contribution in [0.4, 0.5) is 0 Å². The van der Waals surface area contributed by atoms with Crippen molar-refractivity contribution in [3.8, 4) is 0 Å². The lowest BCUT2D eigenvalue weighted by Crippen LogP contribution is -0.147. The van der Waals surface area contributed by atoms with Crippen molar-refractivity contribution in [3.05, 3.63) is 0 Å². The maximum Gasteiger partial charge on any atom is 0.0476 e. The third-order valence-electron chi connectivity index (χ3n) is 0. The van der Waals surface area contributed by atoms with Gasteiger partial charge >= 0.3 is 0 Å². The molecule has 0 unspecified atom stereocenters. The van der Waals surface area contributed by atoms with Crippen LogP contribution in [-0.2, 0) is 0 Å². The zero-order valence-electron chi connectivity index (χ0n) is 3.28. The Balaban J connectivity index is -0.00000000167. The molecule has 0 nitrogen and oxygen atoms in total. The van der Waals surface area contributed by atoms with E-state index in [4.69, 9.17) is 0 Å². The number of hydrogen-bond acceptors (Lipinski definition) is 0. The number of halogens is 6. The lowest BCUT2D eigenvalue weighted by atomic mass is 31.0. The first-order valence-corrected chi connectivity index (χ1v) is 5.27. The molecule has 0 amide bonds. The molecule has 0 atom stereocenters. The maximum absolute atomic E-state index is 3.34. The highest BCUT2D eigenvalue weighted by atomic mass is 79.9. The summed E-state index contributed by atoms with van der Waals surface area (Å²) in [6.45, 7) is 0. The van der Waals surface area contributed by atoms with Gasteiger partial charge in [0.1, 0.15) is 0 Å². The lowest BCUT2D eigenvalue weighted by molar-refractivity contribution is 5.85. The van der Waals surface area contributed by atoms with Gasteiger partial charge in [0.05, 0.1) is 0 Å². The first kappa shape index (κ1) is 44.1. The van der Waals surface area contributed by atoms with Crippen LogP contribution >= 0.6 is 96.5 Å². The second-order valence-corrected chi connectivity index (χ2v) is 0. The molecule has 0 fully saturated rings. The number of hydrogen-bond donors (Lipinski definition) is 0. The normalized spacial score (nSPS) is 1.50. The molecule has 0 aliphatic carbocycles. The summed E-state index contributed by atoms with van der Waals surface area (Å²) in [5.41, 5.74) is 0. The fraction of sp³-hybridized carbons (Fsp3) is 0. The van der Waals surface area contributed by atoms with Gasteiger partial charge in [-0.05, 0) is 31.0 Å². The van der Waals surface area contributed by atoms with Crippen molar-refractivity contribution < 1.29 is 0 Å². The minimum Gasteiger partial charge on any atom is -0.147 e. The van der Waals surface area contributed by atoms with Crippen molar-refractivity contribution >= 4 is 96.5 Å². The van der Waals surface area contributed by atoms with Crippen LogP contribution in [0.1, 0.15) is 0 Å². The van der Waals surface area contributed by atoms with Gasteiger partial charge in [-0.25, -0.2) is 0 Å². The average Bonchev–Trinajstić information content (AvgIpc) is 1.50. The Hall–Kier alpha value is 2.98. The monoisotopic (exact) mass is 364 g/mol. The van der Waals surface area contributed by atoms with E-state index in [-0.39, 0.29) is 49.6 Å². The van der Waals surface area contributed by atoms with Crippen LogP contribution in [0.5, 0.6) is 0 Å². The second kappa shape index (κ2) is 90.6. The van der Waals surface area contributed by atoms with Crippen molar-refractivity contribution in [2.24, 2.45) is 0 Å². The molecule has 0 heterocycles. The summed E-state index contributed by atoms with van der Waals surface area (Å²) in [6, 6.07) is 0. The summed E-state index contributed by atoms with van der Waals surface area (Å²) in [6.07, 6.45) is 0. The van der Waals surface area contributed by atoms with Gasteiger partial charge in [0.25, 0.3) is 0 Å². The fourth-order valence-electron chi connectivity index (χ4n) is 0. The quantitative estimate of drug-likeness (QED) is 0.523. The largest absolute Gasteiger partial charge is 0.147 e.